The molecule has 94 valence electrons. The van der Waals surface area contributed by atoms with E-state index in [-0.39, 0.29) is 5.75 Å². The third-order valence-corrected chi connectivity index (χ3v) is 3.50. The van der Waals surface area contributed by atoms with Gasteiger partial charge in [0.05, 0.1) is 4.90 Å². The van der Waals surface area contributed by atoms with Crippen LogP contribution in [0.1, 0.15) is 11.1 Å². The number of aromatic hydroxyl groups is 1. The molecule has 0 spiro atoms. The Balaban J connectivity index is 2.73. The molecular formula is C14H14O3S. The van der Waals surface area contributed by atoms with Gasteiger partial charge in [0.1, 0.15) is 5.75 Å². The predicted octanol–water partition coefficient (Wildman–Crippen LogP) is 3.26. The van der Waals surface area contributed by atoms with Crippen LogP contribution in [0.15, 0.2) is 41.3 Å². The van der Waals surface area contributed by atoms with Crippen molar-refractivity contribution in [3.8, 4) is 16.9 Å². The molecule has 1 unspecified atom stereocenters. The van der Waals surface area contributed by atoms with Gasteiger partial charge in [-0.25, -0.2) is 4.21 Å². The Bertz CT molecular complexity index is 620. The Hall–Kier alpha value is -1.65. The van der Waals surface area contributed by atoms with Crippen molar-refractivity contribution >= 4 is 11.1 Å². The molecule has 18 heavy (non-hydrogen) atoms. The van der Waals surface area contributed by atoms with Gasteiger partial charge in [-0.1, -0.05) is 23.3 Å². The number of phenolic OH excluding ortho intramolecular Hbond substituents is 1. The molecule has 2 N–H and O–H groups in total. The van der Waals surface area contributed by atoms with Crippen LogP contribution >= 0.6 is 0 Å². The highest BCUT2D eigenvalue weighted by Crippen LogP contribution is 2.34. The molecule has 0 amide bonds. The Kier molecular flexibility index (Phi) is 3.50. The molecule has 2 aromatic carbocycles. The minimum atomic E-state index is -2.08. The van der Waals surface area contributed by atoms with E-state index in [0.717, 1.165) is 11.1 Å². The van der Waals surface area contributed by atoms with Crippen LogP contribution in [0.5, 0.6) is 5.75 Å². The van der Waals surface area contributed by atoms with Crippen molar-refractivity contribution in [3.63, 3.8) is 0 Å². The first-order valence-electron chi connectivity index (χ1n) is 5.50. The first-order chi connectivity index (χ1) is 8.49. The SMILES string of the molecule is Cc1ccc(O)c(-c2cc(C)ccc2S(=O)O)c1. The van der Waals surface area contributed by atoms with Gasteiger partial charge in [-0.2, -0.15) is 0 Å². The van der Waals surface area contributed by atoms with E-state index in [1.165, 1.54) is 0 Å². The van der Waals surface area contributed by atoms with Gasteiger partial charge in [0.15, 0.2) is 11.1 Å². The maximum absolute atomic E-state index is 11.3. The molecule has 0 aliphatic rings. The van der Waals surface area contributed by atoms with E-state index in [4.69, 9.17) is 0 Å². The summed E-state index contributed by atoms with van der Waals surface area (Å²) >= 11 is -2.08. The third kappa shape index (κ3) is 2.44. The summed E-state index contributed by atoms with van der Waals surface area (Å²) in [5, 5.41) is 9.90. The molecule has 0 aromatic heterocycles. The molecule has 2 rings (SSSR count). The van der Waals surface area contributed by atoms with Crippen molar-refractivity contribution in [2.24, 2.45) is 0 Å². The highest BCUT2D eigenvalue weighted by atomic mass is 32.2. The highest BCUT2D eigenvalue weighted by molar-refractivity contribution is 7.79. The van der Waals surface area contributed by atoms with Crippen LogP contribution in [0, 0.1) is 13.8 Å². The van der Waals surface area contributed by atoms with E-state index in [1.807, 2.05) is 13.8 Å². The van der Waals surface area contributed by atoms with Gasteiger partial charge in [0.25, 0.3) is 0 Å². The topological polar surface area (TPSA) is 57.5 Å². The van der Waals surface area contributed by atoms with Gasteiger partial charge >= 0.3 is 0 Å². The number of phenols is 1. The van der Waals surface area contributed by atoms with Crippen LogP contribution in [0.3, 0.4) is 0 Å². The smallest absolute Gasteiger partial charge is 0.187 e. The van der Waals surface area contributed by atoms with Crippen molar-refractivity contribution in [3.05, 3.63) is 47.5 Å². The summed E-state index contributed by atoms with van der Waals surface area (Å²) < 4.78 is 20.6. The van der Waals surface area contributed by atoms with Gasteiger partial charge < -0.3 is 9.66 Å². The molecule has 0 heterocycles. The van der Waals surface area contributed by atoms with Crippen LogP contribution in [0.4, 0.5) is 0 Å². The second-order valence-corrected chi connectivity index (χ2v) is 5.21. The summed E-state index contributed by atoms with van der Waals surface area (Å²) in [6, 6.07) is 10.4. The van der Waals surface area contributed by atoms with E-state index in [0.29, 0.717) is 16.0 Å². The van der Waals surface area contributed by atoms with Crippen LogP contribution in [0.2, 0.25) is 0 Å². The number of hydrogen-bond acceptors (Lipinski definition) is 2. The standard InChI is InChI=1S/C14H14O3S/c1-9-3-5-13(15)11(7-9)12-8-10(2)4-6-14(12)18(16)17/h3-8,15H,1-2H3,(H,16,17). The lowest BCUT2D eigenvalue weighted by Gasteiger charge is -2.10. The zero-order valence-electron chi connectivity index (χ0n) is 10.2. The zero-order chi connectivity index (χ0) is 13.3. The number of aryl methyl sites for hydroxylation is 2. The van der Waals surface area contributed by atoms with E-state index in [9.17, 15) is 13.9 Å². The maximum atomic E-state index is 11.3. The largest absolute Gasteiger partial charge is 0.507 e. The molecule has 0 bridgehead atoms. The van der Waals surface area contributed by atoms with Crippen molar-refractivity contribution in [2.45, 2.75) is 18.7 Å². The number of hydrogen-bond donors (Lipinski definition) is 2. The summed E-state index contributed by atoms with van der Waals surface area (Å²) in [7, 11) is 0. The molecule has 1 atom stereocenters. The third-order valence-electron chi connectivity index (χ3n) is 2.77. The molecule has 4 heteroatoms. The molecule has 3 nitrogen and oxygen atoms in total. The van der Waals surface area contributed by atoms with Gasteiger partial charge in [-0.05, 0) is 38.1 Å². The van der Waals surface area contributed by atoms with E-state index in [2.05, 4.69) is 0 Å². The lowest BCUT2D eigenvalue weighted by atomic mass is 10.0. The first kappa shape index (κ1) is 12.8. The molecule has 0 radical (unpaired) electrons. The lowest BCUT2D eigenvalue weighted by Crippen LogP contribution is -1.94. The van der Waals surface area contributed by atoms with E-state index in [1.54, 1.807) is 36.4 Å². The quantitative estimate of drug-likeness (QED) is 0.817. The highest BCUT2D eigenvalue weighted by Gasteiger charge is 2.13. The van der Waals surface area contributed by atoms with Crippen molar-refractivity contribution in [1.82, 2.24) is 0 Å². The minimum Gasteiger partial charge on any atom is -0.507 e. The van der Waals surface area contributed by atoms with E-state index >= 15 is 0 Å². The Morgan fingerprint density at radius 3 is 2.11 bits per heavy atom. The summed E-state index contributed by atoms with van der Waals surface area (Å²) in [5.74, 6) is 0.109. The molecule has 0 saturated heterocycles. The summed E-state index contributed by atoms with van der Waals surface area (Å²) in [6.45, 7) is 3.81. The lowest BCUT2D eigenvalue weighted by molar-refractivity contribution is 0.477. The molecule has 2 aromatic rings. The minimum absolute atomic E-state index is 0.109. The average Bonchev–Trinajstić information content (AvgIpc) is 2.31. The molecule has 0 aliphatic carbocycles. The van der Waals surface area contributed by atoms with Crippen molar-refractivity contribution in [1.29, 1.82) is 0 Å². The average molecular weight is 262 g/mol. The van der Waals surface area contributed by atoms with Crippen LogP contribution in [0.25, 0.3) is 11.1 Å². The van der Waals surface area contributed by atoms with Crippen LogP contribution < -0.4 is 0 Å². The fraction of sp³-hybridized carbons (Fsp3) is 0.143. The number of rotatable bonds is 2. The van der Waals surface area contributed by atoms with Gasteiger partial charge in [-0.3, -0.25) is 0 Å². The Morgan fingerprint density at radius 1 is 0.944 bits per heavy atom. The van der Waals surface area contributed by atoms with Gasteiger partial charge in [0, 0.05) is 11.1 Å². The number of benzene rings is 2. The summed E-state index contributed by atoms with van der Waals surface area (Å²) in [5.41, 5.74) is 3.13. The Morgan fingerprint density at radius 2 is 1.50 bits per heavy atom. The molecular weight excluding hydrogens is 248 g/mol. The fourth-order valence-corrected chi connectivity index (χ4v) is 2.41. The second-order valence-electron chi connectivity index (χ2n) is 4.27. The Labute approximate surface area is 108 Å². The second kappa shape index (κ2) is 4.92. The first-order valence-corrected chi connectivity index (χ1v) is 6.61. The van der Waals surface area contributed by atoms with E-state index < -0.39 is 11.1 Å². The maximum Gasteiger partial charge on any atom is 0.187 e. The van der Waals surface area contributed by atoms with Crippen LogP contribution in [-0.2, 0) is 11.1 Å². The predicted molar refractivity (Wildman–Crippen MR) is 72.1 cm³/mol. The van der Waals surface area contributed by atoms with Crippen molar-refractivity contribution < 1.29 is 13.9 Å². The van der Waals surface area contributed by atoms with Gasteiger partial charge in [-0.15, -0.1) is 0 Å². The fourth-order valence-electron chi connectivity index (χ4n) is 1.87. The summed E-state index contributed by atoms with van der Waals surface area (Å²) in [6.07, 6.45) is 0. The monoisotopic (exact) mass is 262 g/mol. The normalized spacial score (nSPS) is 12.4. The molecule has 0 aliphatic heterocycles. The van der Waals surface area contributed by atoms with Crippen molar-refractivity contribution in [2.75, 3.05) is 0 Å². The summed E-state index contributed by atoms with van der Waals surface area (Å²) in [4.78, 5) is 0.307. The van der Waals surface area contributed by atoms with Gasteiger partial charge in [0.2, 0.25) is 0 Å². The van der Waals surface area contributed by atoms with Crippen LogP contribution in [-0.4, -0.2) is 13.9 Å². The molecule has 0 saturated carbocycles. The molecule has 0 fully saturated rings. The zero-order valence-corrected chi connectivity index (χ0v) is 11.0.